The average Bonchev–Trinajstić information content (AvgIpc) is 2.67. The first-order valence-electron chi connectivity index (χ1n) is 10.5. The number of Topliss-reactive ketones (excluding diaryl/α,β-unsaturated/α-hetero) is 1. The van der Waals surface area contributed by atoms with Crippen molar-refractivity contribution in [2.24, 2.45) is 5.41 Å². The first-order chi connectivity index (χ1) is 13.8. The van der Waals surface area contributed by atoms with Crippen molar-refractivity contribution in [2.45, 2.75) is 51.7 Å². The van der Waals surface area contributed by atoms with E-state index in [0.29, 0.717) is 11.3 Å². The third kappa shape index (κ3) is 3.01. The molecule has 4 rings (SSSR count). The third-order valence-corrected chi connectivity index (χ3v) is 8.23. The van der Waals surface area contributed by atoms with Crippen molar-refractivity contribution in [1.29, 1.82) is 0 Å². The maximum absolute atomic E-state index is 13.6. The number of carbonyl (C=O) groups is 2. The number of ketones is 1. The second-order valence-corrected chi connectivity index (χ2v) is 14.2. The molecule has 4 heteroatoms. The molecule has 0 fully saturated rings. The molecule has 2 aromatic carbocycles. The van der Waals surface area contributed by atoms with Crippen molar-refractivity contribution in [3.63, 3.8) is 0 Å². The van der Waals surface area contributed by atoms with Gasteiger partial charge in [0.15, 0.2) is 11.2 Å². The van der Waals surface area contributed by atoms with Crippen LogP contribution in [0.5, 0.6) is 5.75 Å². The number of carbonyl (C=O) groups excluding carboxylic acids is 2. The van der Waals surface area contributed by atoms with Gasteiger partial charge in [0.2, 0.25) is 0 Å². The molecule has 2 aromatic rings. The molecule has 1 heterocycles. The zero-order chi connectivity index (χ0) is 20.8. The van der Waals surface area contributed by atoms with Gasteiger partial charge in [0.1, 0.15) is 5.75 Å². The van der Waals surface area contributed by atoms with Crippen LogP contribution in [0, 0.1) is 5.41 Å². The van der Waals surface area contributed by atoms with Crippen LogP contribution in [-0.2, 0) is 4.79 Å². The number of hydrogen-bond acceptors (Lipinski definition) is 3. The Balaban J connectivity index is 1.92. The van der Waals surface area contributed by atoms with Gasteiger partial charge in [-0.15, -0.1) is 0 Å². The molecule has 1 aliphatic heterocycles. The van der Waals surface area contributed by atoms with E-state index in [0.717, 1.165) is 24.8 Å². The molecule has 0 amide bonds. The highest BCUT2D eigenvalue weighted by molar-refractivity contribution is 6.89. The molecule has 0 saturated carbocycles. The Bertz CT molecular complexity index is 1000. The van der Waals surface area contributed by atoms with Gasteiger partial charge in [-0.1, -0.05) is 92.3 Å². The van der Waals surface area contributed by atoms with E-state index in [2.05, 4.69) is 32.6 Å². The molecule has 0 radical (unpaired) electrons. The van der Waals surface area contributed by atoms with E-state index in [-0.39, 0.29) is 11.7 Å². The maximum atomic E-state index is 13.6. The van der Waals surface area contributed by atoms with E-state index in [1.54, 1.807) is 12.1 Å². The predicted molar refractivity (Wildman–Crippen MR) is 119 cm³/mol. The van der Waals surface area contributed by atoms with Crippen LogP contribution in [0.15, 0.2) is 60.2 Å². The van der Waals surface area contributed by atoms with Crippen molar-refractivity contribution < 1.29 is 14.3 Å². The van der Waals surface area contributed by atoms with Crippen LogP contribution in [0.2, 0.25) is 19.6 Å². The third-order valence-electron chi connectivity index (χ3n) is 6.17. The van der Waals surface area contributed by atoms with E-state index in [1.807, 2.05) is 36.4 Å². The summed E-state index contributed by atoms with van der Waals surface area (Å²) in [5.74, 6) is -0.152. The van der Waals surface area contributed by atoms with Gasteiger partial charge in [0.05, 0.1) is 8.07 Å². The minimum atomic E-state index is -1.71. The Morgan fingerprint density at radius 3 is 2.45 bits per heavy atom. The van der Waals surface area contributed by atoms with Crippen molar-refractivity contribution in [3.05, 3.63) is 71.3 Å². The summed E-state index contributed by atoms with van der Waals surface area (Å²) in [4.78, 5) is 26.9. The number of hydrogen-bond donors (Lipinski definition) is 0. The molecule has 2 aliphatic rings. The van der Waals surface area contributed by atoms with E-state index >= 15 is 0 Å². The van der Waals surface area contributed by atoms with Crippen molar-refractivity contribution in [1.82, 2.24) is 0 Å². The molecule has 0 aromatic heterocycles. The highest BCUT2D eigenvalue weighted by atomic mass is 28.3. The molecule has 0 unspecified atom stereocenters. The number of esters is 1. The molecular weight excluding hydrogens is 376 g/mol. The van der Waals surface area contributed by atoms with Crippen molar-refractivity contribution >= 4 is 25.0 Å². The van der Waals surface area contributed by atoms with Gasteiger partial charge < -0.3 is 4.74 Å². The number of fused-ring (bicyclic) bond motifs is 3. The normalized spacial score (nSPS) is 22.7. The van der Waals surface area contributed by atoms with Gasteiger partial charge in [0, 0.05) is 17.0 Å². The topological polar surface area (TPSA) is 43.4 Å². The lowest BCUT2D eigenvalue weighted by Gasteiger charge is -2.49. The molecule has 150 valence electrons. The van der Waals surface area contributed by atoms with Gasteiger partial charge in [-0.3, -0.25) is 9.59 Å². The minimum Gasteiger partial charge on any atom is -0.425 e. The Hall–Kier alpha value is -2.46. The average molecular weight is 405 g/mol. The van der Waals surface area contributed by atoms with Gasteiger partial charge in [-0.25, -0.2) is 0 Å². The summed E-state index contributed by atoms with van der Waals surface area (Å²) in [6.45, 7) is 9.06. The molecule has 0 spiro atoms. The molecular formula is C25H28O3Si. The Morgan fingerprint density at radius 1 is 1.07 bits per heavy atom. The quantitative estimate of drug-likeness (QED) is 0.165. The minimum absolute atomic E-state index is 0.149. The van der Waals surface area contributed by atoms with E-state index in [4.69, 9.17) is 4.74 Å². The van der Waals surface area contributed by atoms with Gasteiger partial charge in [-0.2, -0.15) is 0 Å². The van der Waals surface area contributed by atoms with E-state index in [1.165, 1.54) is 10.8 Å². The summed E-state index contributed by atoms with van der Waals surface area (Å²) < 4.78 is 5.82. The molecule has 0 N–H and O–H groups in total. The standard InChI is InChI=1S/C25H28O3Si/c1-5-6-11-18-16-25(23(26)17-12-8-7-9-13-17)22(18)21-19(28-24(25)27)14-10-15-20(21)29(2,3)4/h7-10,12-16,22H,5-6,11H2,1-4H3/t22-,25-/m0/s1. The summed E-state index contributed by atoms with van der Waals surface area (Å²) in [5, 5.41) is 1.28. The zero-order valence-corrected chi connectivity index (χ0v) is 18.6. The molecule has 2 atom stereocenters. The first-order valence-corrected chi connectivity index (χ1v) is 14.0. The fourth-order valence-electron chi connectivity index (χ4n) is 4.73. The van der Waals surface area contributed by atoms with Crippen molar-refractivity contribution in [3.8, 4) is 5.75 Å². The van der Waals surface area contributed by atoms with E-state index in [9.17, 15) is 9.59 Å². The van der Waals surface area contributed by atoms with Gasteiger partial charge >= 0.3 is 5.97 Å². The van der Waals surface area contributed by atoms with E-state index < -0.39 is 19.5 Å². The number of benzene rings is 2. The lowest BCUT2D eigenvalue weighted by molar-refractivity contribution is -0.144. The monoisotopic (exact) mass is 404 g/mol. The van der Waals surface area contributed by atoms with Crippen LogP contribution in [0.25, 0.3) is 0 Å². The number of rotatable bonds is 6. The predicted octanol–water partition coefficient (Wildman–Crippen LogP) is 5.23. The van der Waals surface area contributed by atoms with Crippen molar-refractivity contribution in [2.75, 3.05) is 0 Å². The highest BCUT2D eigenvalue weighted by Gasteiger charge is 2.63. The zero-order valence-electron chi connectivity index (χ0n) is 17.6. The van der Waals surface area contributed by atoms with Crippen LogP contribution >= 0.6 is 0 Å². The number of unbranched alkanes of at least 4 members (excludes halogenated alkanes) is 1. The lowest BCUT2D eigenvalue weighted by Crippen LogP contribution is -2.57. The van der Waals surface area contributed by atoms with Gasteiger partial charge in [-0.05, 0) is 18.9 Å². The largest absolute Gasteiger partial charge is 0.425 e. The maximum Gasteiger partial charge on any atom is 0.330 e. The molecule has 0 bridgehead atoms. The van der Waals surface area contributed by atoms with Crippen LogP contribution in [0.4, 0.5) is 0 Å². The summed E-state index contributed by atoms with van der Waals surface area (Å²) in [5.41, 5.74) is 1.62. The SMILES string of the molecule is CCCCC1=C[C@]2(C(=O)c3ccccc3)C(=O)Oc3cccc([Si](C)(C)C)c3[C@H]12. The fourth-order valence-corrected chi connectivity index (χ4v) is 6.40. The highest BCUT2D eigenvalue weighted by Crippen LogP contribution is 2.59. The second-order valence-electron chi connectivity index (χ2n) is 9.18. The Labute approximate surface area is 173 Å². The fraction of sp³-hybridized carbons (Fsp3) is 0.360. The lowest BCUT2D eigenvalue weighted by atomic mass is 9.54. The summed E-state index contributed by atoms with van der Waals surface area (Å²) >= 11 is 0. The molecule has 1 aliphatic carbocycles. The molecule has 0 saturated heterocycles. The van der Waals surface area contributed by atoms with Crippen LogP contribution in [0.3, 0.4) is 0 Å². The molecule has 29 heavy (non-hydrogen) atoms. The smallest absolute Gasteiger partial charge is 0.330 e. The van der Waals surface area contributed by atoms with Crippen LogP contribution < -0.4 is 9.92 Å². The number of allylic oxidation sites excluding steroid dienone is 1. The van der Waals surface area contributed by atoms with Crippen LogP contribution in [0.1, 0.15) is 48.0 Å². The summed E-state index contributed by atoms with van der Waals surface area (Å²) in [6, 6.07) is 15.2. The second kappa shape index (κ2) is 7.10. The molecule has 3 nitrogen and oxygen atoms in total. The number of ether oxygens (including phenoxy) is 1. The Morgan fingerprint density at radius 2 is 1.79 bits per heavy atom. The first kappa shape index (κ1) is 19.8. The van der Waals surface area contributed by atoms with Crippen LogP contribution in [-0.4, -0.2) is 19.8 Å². The Kier molecular flexibility index (Phi) is 4.86. The van der Waals surface area contributed by atoms with Gasteiger partial charge in [0.25, 0.3) is 0 Å². The summed E-state index contributed by atoms with van der Waals surface area (Å²) in [6.07, 6.45) is 4.96. The summed E-state index contributed by atoms with van der Waals surface area (Å²) in [7, 11) is -1.71.